The van der Waals surface area contributed by atoms with E-state index in [1.54, 1.807) is 6.07 Å². The van der Waals surface area contributed by atoms with Crippen LogP contribution in [-0.2, 0) is 0 Å². The first kappa shape index (κ1) is 15.3. The van der Waals surface area contributed by atoms with E-state index in [0.29, 0.717) is 24.5 Å². The van der Waals surface area contributed by atoms with Crippen molar-refractivity contribution in [3.63, 3.8) is 0 Å². The first-order valence-electron chi connectivity index (χ1n) is 6.20. The summed E-state index contributed by atoms with van der Waals surface area (Å²) in [5.41, 5.74) is 0.608. The molecule has 106 valence electrons. The van der Waals surface area contributed by atoms with Crippen molar-refractivity contribution in [3.05, 3.63) is 35.9 Å². The molecule has 0 fully saturated rings. The lowest BCUT2D eigenvalue weighted by atomic mass is 10.0. The fourth-order valence-corrected chi connectivity index (χ4v) is 2.34. The van der Waals surface area contributed by atoms with Gasteiger partial charge in [-0.3, -0.25) is 4.79 Å². The molecule has 0 bridgehead atoms. The van der Waals surface area contributed by atoms with Crippen LogP contribution in [0.25, 0.3) is 10.8 Å². The van der Waals surface area contributed by atoms with Crippen molar-refractivity contribution in [2.45, 2.75) is 0 Å². The number of hydrogen-bond acceptors (Lipinski definition) is 3. The Morgan fingerprint density at radius 1 is 0.950 bits per heavy atom. The zero-order valence-corrected chi connectivity index (χ0v) is 13.9. The van der Waals surface area contributed by atoms with Crippen LogP contribution in [0.1, 0.15) is 10.4 Å². The molecular weight excluding hydrogens is 388 g/mol. The molecule has 0 spiro atoms. The average Bonchev–Trinajstić information content (AvgIpc) is 2.50. The predicted molar refractivity (Wildman–Crippen MR) is 87.9 cm³/mol. The fraction of sp³-hybridized carbons (Fsp3) is 0.267. The Balaban J connectivity index is 2.55. The monoisotopic (exact) mass is 400 g/mol. The Hall–Kier alpha value is -1.07. The molecule has 0 amide bonds. The topological polar surface area (TPSA) is 35.5 Å². The molecule has 0 saturated carbocycles. The third kappa shape index (κ3) is 3.33. The maximum atomic E-state index is 11.3. The Labute approximate surface area is 134 Å². The van der Waals surface area contributed by atoms with Crippen LogP contribution in [-0.4, -0.2) is 30.2 Å². The second-order valence-electron chi connectivity index (χ2n) is 4.02. The summed E-state index contributed by atoms with van der Waals surface area (Å²) in [5, 5.41) is 3.18. The predicted octanol–water partition coefficient (Wildman–Crippen LogP) is 4.20. The molecule has 0 heterocycles. The van der Waals surface area contributed by atoms with Gasteiger partial charge in [0.25, 0.3) is 0 Å². The van der Waals surface area contributed by atoms with Crippen molar-refractivity contribution in [2.75, 3.05) is 23.9 Å². The van der Waals surface area contributed by atoms with Crippen LogP contribution in [0.3, 0.4) is 0 Å². The molecule has 0 aliphatic carbocycles. The summed E-state index contributed by atoms with van der Waals surface area (Å²) in [6.45, 7) is 1.12. The highest BCUT2D eigenvalue weighted by Gasteiger charge is 2.11. The number of rotatable bonds is 7. The molecule has 2 aromatic carbocycles. The van der Waals surface area contributed by atoms with Gasteiger partial charge in [-0.25, -0.2) is 0 Å². The number of ether oxygens (including phenoxy) is 2. The number of hydrogen-bond donors (Lipinski definition) is 0. The third-order valence-electron chi connectivity index (χ3n) is 2.79. The van der Waals surface area contributed by atoms with Crippen LogP contribution in [0, 0.1) is 0 Å². The summed E-state index contributed by atoms with van der Waals surface area (Å²) in [4.78, 5) is 11.3. The molecule has 0 radical (unpaired) electrons. The van der Waals surface area contributed by atoms with E-state index < -0.39 is 0 Å². The van der Waals surface area contributed by atoms with Crippen LogP contribution < -0.4 is 9.47 Å². The molecule has 2 aromatic rings. The normalized spacial score (nSPS) is 10.5. The summed E-state index contributed by atoms with van der Waals surface area (Å²) < 4.78 is 11.4. The molecule has 0 aliphatic heterocycles. The Morgan fingerprint density at radius 2 is 1.65 bits per heavy atom. The maximum absolute atomic E-state index is 11.3. The lowest BCUT2D eigenvalue weighted by molar-refractivity contribution is 0.112. The van der Waals surface area contributed by atoms with Crippen molar-refractivity contribution >= 4 is 48.9 Å². The van der Waals surface area contributed by atoms with Crippen LogP contribution in [0.15, 0.2) is 30.3 Å². The molecule has 0 saturated heterocycles. The summed E-state index contributed by atoms with van der Waals surface area (Å²) >= 11 is 6.67. The van der Waals surface area contributed by atoms with Gasteiger partial charge in [-0.2, -0.15) is 0 Å². The van der Waals surface area contributed by atoms with Gasteiger partial charge in [0.05, 0.1) is 13.2 Å². The van der Waals surface area contributed by atoms with E-state index in [0.717, 1.165) is 33.5 Å². The first-order valence-corrected chi connectivity index (χ1v) is 8.44. The zero-order valence-electron chi connectivity index (χ0n) is 10.8. The Bertz CT molecular complexity index is 599. The zero-order chi connectivity index (χ0) is 14.4. The number of carbonyl (C=O) groups excluding carboxylic acids is 1. The van der Waals surface area contributed by atoms with Crippen LogP contribution in [0.5, 0.6) is 11.5 Å². The van der Waals surface area contributed by atoms with E-state index >= 15 is 0 Å². The number of carbonyl (C=O) groups is 1. The molecule has 2 rings (SSSR count). The molecule has 0 N–H and O–H groups in total. The summed E-state index contributed by atoms with van der Waals surface area (Å²) in [5.74, 6) is 1.46. The van der Waals surface area contributed by atoms with E-state index in [4.69, 9.17) is 9.47 Å². The van der Waals surface area contributed by atoms with E-state index in [-0.39, 0.29) is 0 Å². The van der Waals surface area contributed by atoms with Crippen molar-refractivity contribution in [3.8, 4) is 11.5 Å². The lowest BCUT2D eigenvalue weighted by Gasteiger charge is -2.13. The van der Waals surface area contributed by atoms with Crippen LogP contribution in [0.4, 0.5) is 0 Å². The minimum atomic E-state index is 0.546. The van der Waals surface area contributed by atoms with Gasteiger partial charge in [0, 0.05) is 27.0 Å². The van der Waals surface area contributed by atoms with Crippen LogP contribution in [0.2, 0.25) is 0 Å². The number of halogens is 2. The number of fused-ring (bicyclic) bond motifs is 1. The first-order chi connectivity index (χ1) is 9.81. The number of aldehydes is 1. The quantitative estimate of drug-likeness (QED) is 0.515. The van der Waals surface area contributed by atoms with Gasteiger partial charge in [0.2, 0.25) is 0 Å². The largest absolute Gasteiger partial charge is 0.492 e. The third-order valence-corrected chi connectivity index (χ3v) is 3.44. The second kappa shape index (κ2) is 7.64. The average molecular weight is 402 g/mol. The standard InChI is InChI=1S/C15H14Br2O3/c16-6-8-19-13-5-4-11(10-18)15-12(13)2-1-3-14(15)20-9-7-17/h1-5,10H,6-9H2. The molecule has 0 atom stereocenters. The van der Waals surface area contributed by atoms with Gasteiger partial charge in [-0.05, 0) is 18.2 Å². The molecule has 3 nitrogen and oxygen atoms in total. The Morgan fingerprint density at radius 3 is 2.30 bits per heavy atom. The maximum Gasteiger partial charge on any atom is 0.150 e. The van der Waals surface area contributed by atoms with Crippen molar-refractivity contribution in [2.24, 2.45) is 0 Å². The highest BCUT2D eigenvalue weighted by Crippen LogP contribution is 2.34. The molecular formula is C15H14Br2O3. The number of benzene rings is 2. The van der Waals surface area contributed by atoms with E-state index in [2.05, 4.69) is 31.9 Å². The minimum Gasteiger partial charge on any atom is -0.492 e. The van der Waals surface area contributed by atoms with Gasteiger partial charge >= 0.3 is 0 Å². The van der Waals surface area contributed by atoms with Gasteiger partial charge in [-0.1, -0.05) is 44.0 Å². The summed E-state index contributed by atoms with van der Waals surface area (Å²) in [6, 6.07) is 9.30. The van der Waals surface area contributed by atoms with Gasteiger partial charge in [0.1, 0.15) is 11.5 Å². The van der Waals surface area contributed by atoms with E-state index in [1.165, 1.54) is 0 Å². The van der Waals surface area contributed by atoms with Crippen molar-refractivity contribution in [1.29, 1.82) is 0 Å². The summed E-state index contributed by atoms with van der Waals surface area (Å²) in [6.07, 6.45) is 0.845. The molecule has 20 heavy (non-hydrogen) atoms. The second-order valence-corrected chi connectivity index (χ2v) is 5.61. The number of alkyl halides is 2. The van der Waals surface area contributed by atoms with Crippen molar-refractivity contribution in [1.82, 2.24) is 0 Å². The van der Waals surface area contributed by atoms with E-state index in [1.807, 2.05) is 24.3 Å². The smallest absolute Gasteiger partial charge is 0.150 e. The fourth-order valence-electron chi connectivity index (χ4n) is 2.01. The lowest BCUT2D eigenvalue weighted by Crippen LogP contribution is -2.02. The highest BCUT2D eigenvalue weighted by molar-refractivity contribution is 9.09. The van der Waals surface area contributed by atoms with Crippen LogP contribution >= 0.6 is 31.9 Å². The van der Waals surface area contributed by atoms with Gasteiger partial charge in [-0.15, -0.1) is 0 Å². The molecule has 0 aromatic heterocycles. The SMILES string of the molecule is O=Cc1ccc(OCCBr)c2cccc(OCCBr)c12. The highest BCUT2D eigenvalue weighted by atomic mass is 79.9. The summed E-state index contributed by atoms with van der Waals surface area (Å²) in [7, 11) is 0. The molecule has 0 aliphatic rings. The van der Waals surface area contributed by atoms with Crippen molar-refractivity contribution < 1.29 is 14.3 Å². The molecule has 5 heteroatoms. The molecule has 0 unspecified atom stereocenters. The van der Waals surface area contributed by atoms with E-state index in [9.17, 15) is 4.79 Å². The Kier molecular flexibility index (Phi) is 5.86. The van der Waals surface area contributed by atoms with Gasteiger partial charge < -0.3 is 9.47 Å². The van der Waals surface area contributed by atoms with Gasteiger partial charge in [0.15, 0.2) is 6.29 Å². The minimum absolute atomic E-state index is 0.546.